The van der Waals surface area contributed by atoms with Crippen LogP contribution in [-0.4, -0.2) is 11.1 Å². The fraction of sp³-hybridized carbons (Fsp3) is 0.125. The van der Waals surface area contributed by atoms with E-state index < -0.39 is 23.3 Å². The Morgan fingerprint density at radius 2 is 2.00 bits per heavy atom. The van der Waals surface area contributed by atoms with Crippen molar-refractivity contribution in [1.82, 2.24) is 0 Å². The molecule has 0 aliphatic carbocycles. The molecule has 0 unspecified atom stereocenters. The standard InChI is InChI=1S/C8H4BrF3O2/c9-6-2-1-4(10)3-5(6)8(11,12)7(13)14/h1-3H,(H,13,14). The van der Waals surface area contributed by atoms with Crippen LogP contribution >= 0.6 is 15.9 Å². The maximum atomic E-state index is 12.9. The molecule has 0 atom stereocenters. The summed E-state index contributed by atoms with van der Waals surface area (Å²) in [5.41, 5.74) is -0.898. The molecule has 2 nitrogen and oxygen atoms in total. The number of carbonyl (C=O) groups is 1. The molecule has 1 rings (SSSR count). The van der Waals surface area contributed by atoms with E-state index in [9.17, 15) is 18.0 Å². The van der Waals surface area contributed by atoms with Gasteiger partial charge in [-0.05, 0) is 18.2 Å². The van der Waals surface area contributed by atoms with Gasteiger partial charge in [0.25, 0.3) is 0 Å². The zero-order valence-electron chi connectivity index (χ0n) is 6.60. The van der Waals surface area contributed by atoms with Crippen LogP contribution in [0.25, 0.3) is 0 Å². The van der Waals surface area contributed by atoms with E-state index in [0.717, 1.165) is 12.1 Å². The van der Waals surface area contributed by atoms with Gasteiger partial charge in [0, 0.05) is 10.0 Å². The van der Waals surface area contributed by atoms with Crippen molar-refractivity contribution in [3.63, 3.8) is 0 Å². The summed E-state index contributed by atoms with van der Waals surface area (Å²) in [6.07, 6.45) is 0. The molecule has 1 aromatic rings. The minimum absolute atomic E-state index is 0.147. The van der Waals surface area contributed by atoms with Crippen molar-refractivity contribution in [3.05, 3.63) is 34.1 Å². The minimum Gasteiger partial charge on any atom is -0.477 e. The molecule has 76 valence electrons. The fourth-order valence-electron chi connectivity index (χ4n) is 0.853. The average molecular weight is 269 g/mol. The van der Waals surface area contributed by atoms with Gasteiger partial charge in [0.15, 0.2) is 0 Å². The first-order valence-corrected chi connectivity index (χ1v) is 4.21. The van der Waals surface area contributed by atoms with Crippen LogP contribution in [0, 0.1) is 5.82 Å². The van der Waals surface area contributed by atoms with Gasteiger partial charge in [-0.15, -0.1) is 0 Å². The summed E-state index contributed by atoms with van der Waals surface area (Å²) < 4.78 is 38.3. The Morgan fingerprint density at radius 3 is 2.50 bits per heavy atom. The van der Waals surface area contributed by atoms with E-state index in [1.165, 1.54) is 0 Å². The first-order chi connectivity index (χ1) is 6.35. The summed E-state index contributed by atoms with van der Waals surface area (Å²) in [5.74, 6) is -7.33. The van der Waals surface area contributed by atoms with Crippen LogP contribution < -0.4 is 0 Å². The van der Waals surface area contributed by atoms with E-state index in [2.05, 4.69) is 15.9 Å². The Bertz CT molecular complexity index is 379. The third kappa shape index (κ3) is 1.89. The number of carboxylic acids is 1. The molecule has 14 heavy (non-hydrogen) atoms. The lowest BCUT2D eigenvalue weighted by atomic mass is 10.1. The molecule has 1 N–H and O–H groups in total. The first-order valence-electron chi connectivity index (χ1n) is 3.42. The molecule has 0 saturated heterocycles. The Balaban J connectivity index is 3.31. The number of rotatable bonds is 2. The van der Waals surface area contributed by atoms with Crippen molar-refractivity contribution < 1.29 is 23.1 Å². The number of benzene rings is 1. The van der Waals surface area contributed by atoms with E-state index in [4.69, 9.17) is 5.11 Å². The van der Waals surface area contributed by atoms with Gasteiger partial charge in [-0.25, -0.2) is 9.18 Å². The van der Waals surface area contributed by atoms with Gasteiger partial charge in [0.1, 0.15) is 5.82 Å². The van der Waals surface area contributed by atoms with Crippen LogP contribution in [0.1, 0.15) is 5.56 Å². The fourth-order valence-corrected chi connectivity index (χ4v) is 1.35. The van der Waals surface area contributed by atoms with Crippen LogP contribution in [0.4, 0.5) is 13.2 Å². The number of alkyl halides is 2. The molecule has 0 radical (unpaired) electrons. The lowest BCUT2D eigenvalue weighted by Gasteiger charge is -2.12. The lowest BCUT2D eigenvalue weighted by molar-refractivity contribution is -0.166. The van der Waals surface area contributed by atoms with Crippen molar-refractivity contribution in [2.75, 3.05) is 0 Å². The molecular weight excluding hydrogens is 265 g/mol. The predicted octanol–water partition coefficient (Wildman–Crippen LogP) is 2.76. The summed E-state index contributed by atoms with van der Waals surface area (Å²) in [6.45, 7) is 0. The number of aliphatic carboxylic acids is 1. The summed E-state index contributed by atoms with van der Waals surface area (Å²) >= 11 is 2.72. The molecular formula is C8H4BrF3O2. The number of carboxylic acid groups (broad SMARTS) is 1. The topological polar surface area (TPSA) is 37.3 Å². The normalized spacial score (nSPS) is 11.4. The van der Waals surface area contributed by atoms with Crippen molar-refractivity contribution in [2.24, 2.45) is 0 Å². The van der Waals surface area contributed by atoms with Crippen molar-refractivity contribution in [2.45, 2.75) is 5.92 Å². The Labute approximate surface area is 85.5 Å². The third-order valence-electron chi connectivity index (χ3n) is 1.54. The molecule has 0 spiro atoms. The number of hydrogen-bond acceptors (Lipinski definition) is 1. The molecule has 0 fully saturated rings. The van der Waals surface area contributed by atoms with Gasteiger partial charge in [-0.3, -0.25) is 0 Å². The van der Waals surface area contributed by atoms with Crippen molar-refractivity contribution in [1.29, 1.82) is 0 Å². The largest absolute Gasteiger partial charge is 0.477 e. The third-order valence-corrected chi connectivity index (χ3v) is 2.23. The second kappa shape index (κ2) is 3.61. The van der Waals surface area contributed by atoms with E-state index >= 15 is 0 Å². The minimum atomic E-state index is -4.10. The van der Waals surface area contributed by atoms with Crippen LogP contribution in [0.5, 0.6) is 0 Å². The molecule has 0 amide bonds. The molecule has 6 heteroatoms. The van der Waals surface area contributed by atoms with Gasteiger partial charge in [0.2, 0.25) is 0 Å². The van der Waals surface area contributed by atoms with Crippen LogP contribution in [-0.2, 0) is 10.7 Å². The Morgan fingerprint density at radius 1 is 1.43 bits per heavy atom. The maximum absolute atomic E-state index is 12.9. The van der Waals surface area contributed by atoms with E-state index in [1.54, 1.807) is 0 Å². The maximum Gasteiger partial charge on any atom is 0.379 e. The molecule has 0 aliphatic heterocycles. The highest BCUT2D eigenvalue weighted by Crippen LogP contribution is 2.34. The van der Waals surface area contributed by atoms with Crippen molar-refractivity contribution >= 4 is 21.9 Å². The van der Waals surface area contributed by atoms with E-state index in [0.29, 0.717) is 6.07 Å². The first kappa shape index (κ1) is 11.0. The highest BCUT2D eigenvalue weighted by molar-refractivity contribution is 9.10. The van der Waals surface area contributed by atoms with Gasteiger partial charge < -0.3 is 5.11 Å². The quantitative estimate of drug-likeness (QED) is 0.896. The SMILES string of the molecule is O=C(O)C(F)(F)c1cc(F)ccc1Br. The van der Waals surface area contributed by atoms with Gasteiger partial charge in [-0.1, -0.05) is 15.9 Å². The monoisotopic (exact) mass is 268 g/mol. The van der Waals surface area contributed by atoms with E-state index in [1.807, 2.05) is 0 Å². The van der Waals surface area contributed by atoms with Gasteiger partial charge in [-0.2, -0.15) is 8.78 Å². The highest BCUT2D eigenvalue weighted by Gasteiger charge is 2.42. The summed E-state index contributed by atoms with van der Waals surface area (Å²) in [7, 11) is 0. The number of halogens is 4. The smallest absolute Gasteiger partial charge is 0.379 e. The molecule has 0 saturated carbocycles. The zero-order valence-corrected chi connectivity index (χ0v) is 8.19. The van der Waals surface area contributed by atoms with Crippen LogP contribution in [0.3, 0.4) is 0 Å². The lowest BCUT2D eigenvalue weighted by Crippen LogP contribution is -2.25. The summed E-state index contributed by atoms with van der Waals surface area (Å²) in [6, 6.07) is 2.46. The van der Waals surface area contributed by atoms with Gasteiger partial charge in [0.05, 0.1) is 0 Å². The number of hydrogen-bond donors (Lipinski definition) is 1. The molecule has 0 aliphatic rings. The molecule has 1 aromatic carbocycles. The second-order valence-corrected chi connectivity index (χ2v) is 3.36. The molecule has 0 aromatic heterocycles. The second-order valence-electron chi connectivity index (χ2n) is 2.50. The van der Waals surface area contributed by atoms with E-state index in [-0.39, 0.29) is 4.47 Å². The van der Waals surface area contributed by atoms with Crippen LogP contribution in [0.15, 0.2) is 22.7 Å². The average Bonchev–Trinajstić information content (AvgIpc) is 2.08. The summed E-state index contributed by atoms with van der Waals surface area (Å²) in [5, 5.41) is 8.22. The highest BCUT2D eigenvalue weighted by atomic mass is 79.9. The van der Waals surface area contributed by atoms with Crippen LogP contribution in [0.2, 0.25) is 0 Å². The molecule has 0 heterocycles. The Hall–Kier alpha value is -1.04. The zero-order chi connectivity index (χ0) is 10.9. The van der Waals surface area contributed by atoms with Gasteiger partial charge >= 0.3 is 11.9 Å². The van der Waals surface area contributed by atoms with Crippen molar-refractivity contribution in [3.8, 4) is 0 Å². The summed E-state index contributed by atoms with van der Waals surface area (Å²) in [4.78, 5) is 10.2. The Kier molecular flexibility index (Phi) is 2.84. The predicted molar refractivity (Wildman–Crippen MR) is 45.6 cm³/mol. The molecule has 0 bridgehead atoms.